The maximum Gasteiger partial charge on any atom is 0.327 e. The lowest BCUT2D eigenvalue weighted by atomic mass is 10.0. The van der Waals surface area contributed by atoms with Crippen molar-refractivity contribution in [3.8, 4) is 0 Å². The Balaban J connectivity index is 0.00000225. The van der Waals surface area contributed by atoms with Crippen molar-refractivity contribution in [1.29, 1.82) is 0 Å². The van der Waals surface area contributed by atoms with E-state index in [9.17, 15) is 14.4 Å². The third kappa shape index (κ3) is 3.89. The van der Waals surface area contributed by atoms with Crippen LogP contribution < -0.4 is 5.32 Å². The maximum absolute atomic E-state index is 12.7. The molecule has 2 saturated heterocycles. The molecule has 1 unspecified atom stereocenters. The second-order valence-electron chi connectivity index (χ2n) is 5.95. The van der Waals surface area contributed by atoms with Gasteiger partial charge in [0.1, 0.15) is 13.1 Å². The van der Waals surface area contributed by atoms with Crippen LogP contribution in [0.25, 0.3) is 0 Å². The van der Waals surface area contributed by atoms with Gasteiger partial charge in [0.15, 0.2) is 0 Å². The molecule has 0 aromatic heterocycles. The van der Waals surface area contributed by atoms with E-state index in [0.29, 0.717) is 24.7 Å². The fraction of sp³-hybridized carbons (Fsp3) is 0.438. The number of urea groups is 1. The average Bonchev–Trinajstić information content (AvgIpc) is 2.81. The number of nitrogens with one attached hydrogen (secondary N) is 1. The topological polar surface area (TPSA) is 73.0 Å². The number of imide groups is 1. The molecule has 2 fully saturated rings. The highest BCUT2D eigenvalue weighted by Gasteiger charge is 2.37. The lowest BCUT2D eigenvalue weighted by Gasteiger charge is -2.37. The van der Waals surface area contributed by atoms with Crippen LogP contribution >= 0.6 is 24.0 Å². The van der Waals surface area contributed by atoms with Crippen LogP contribution in [0.15, 0.2) is 24.3 Å². The summed E-state index contributed by atoms with van der Waals surface area (Å²) < 4.78 is 0. The predicted octanol–water partition coefficient (Wildman–Crippen LogP) is 1.13. The number of likely N-dealkylation sites (N-methyl/N-ethyl adjacent to an activating group) is 1. The number of hydrogen-bond acceptors (Lipinski definition) is 4. The van der Waals surface area contributed by atoms with Gasteiger partial charge in [-0.25, -0.2) is 4.79 Å². The highest BCUT2D eigenvalue weighted by atomic mass is 35.5. The number of nitrogens with zero attached hydrogens (tertiary/aromatic N) is 3. The molecule has 1 N–H and O–H groups in total. The number of benzene rings is 1. The quantitative estimate of drug-likeness (QED) is 0.790. The number of amides is 4. The van der Waals surface area contributed by atoms with Crippen LogP contribution in [0.2, 0.25) is 5.02 Å². The van der Waals surface area contributed by atoms with Gasteiger partial charge in [-0.2, -0.15) is 0 Å². The van der Waals surface area contributed by atoms with E-state index in [4.69, 9.17) is 11.6 Å². The third-order valence-electron chi connectivity index (χ3n) is 4.35. The molecule has 0 aliphatic carbocycles. The molecule has 1 aromatic carbocycles. The van der Waals surface area contributed by atoms with Crippen molar-refractivity contribution in [2.45, 2.75) is 6.04 Å². The fourth-order valence-electron chi connectivity index (χ4n) is 3.08. The first-order valence-corrected chi connectivity index (χ1v) is 8.17. The summed E-state index contributed by atoms with van der Waals surface area (Å²) in [5.74, 6) is -0.598. The van der Waals surface area contributed by atoms with Crippen molar-refractivity contribution in [1.82, 2.24) is 20.0 Å². The Morgan fingerprint density at radius 3 is 2.68 bits per heavy atom. The second-order valence-corrected chi connectivity index (χ2v) is 6.35. The van der Waals surface area contributed by atoms with Crippen molar-refractivity contribution in [3.05, 3.63) is 34.9 Å². The lowest BCUT2D eigenvalue weighted by Crippen LogP contribution is -2.52. The van der Waals surface area contributed by atoms with Crippen molar-refractivity contribution < 1.29 is 14.4 Å². The minimum atomic E-state index is -0.433. The monoisotopic (exact) mass is 386 g/mol. The zero-order chi connectivity index (χ0) is 17.3. The number of carbonyl (C=O) groups is 3. The molecule has 7 nitrogen and oxygen atoms in total. The molecular weight excluding hydrogens is 367 g/mol. The highest BCUT2D eigenvalue weighted by molar-refractivity contribution is 6.31. The highest BCUT2D eigenvalue weighted by Crippen LogP contribution is 2.28. The molecule has 0 saturated carbocycles. The van der Waals surface area contributed by atoms with E-state index in [0.717, 1.165) is 10.5 Å². The number of rotatable bonds is 3. The molecule has 0 spiro atoms. The van der Waals surface area contributed by atoms with Crippen LogP contribution in [-0.4, -0.2) is 72.3 Å². The van der Waals surface area contributed by atoms with Crippen molar-refractivity contribution >= 4 is 41.9 Å². The summed E-state index contributed by atoms with van der Waals surface area (Å²) in [7, 11) is 1.54. The van der Waals surface area contributed by atoms with E-state index in [1.54, 1.807) is 18.0 Å². The van der Waals surface area contributed by atoms with Crippen molar-refractivity contribution in [3.63, 3.8) is 0 Å². The van der Waals surface area contributed by atoms with Gasteiger partial charge in [0.05, 0.1) is 6.04 Å². The molecule has 25 heavy (non-hydrogen) atoms. The number of piperazine rings is 1. The first kappa shape index (κ1) is 19.5. The number of hydrogen-bond donors (Lipinski definition) is 1. The van der Waals surface area contributed by atoms with Crippen LogP contribution in [0.4, 0.5) is 4.79 Å². The second kappa shape index (κ2) is 8.03. The van der Waals surface area contributed by atoms with Gasteiger partial charge >= 0.3 is 6.03 Å². The van der Waals surface area contributed by atoms with E-state index in [2.05, 4.69) is 5.32 Å². The maximum atomic E-state index is 12.7. The fourth-order valence-corrected chi connectivity index (χ4v) is 3.34. The first-order chi connectivity index (χ1) is 11.5. The zero-order valence-corrected chi connectivity index (χ0v) is 15.3. The SMILES string of the molecule is CN1CC(=O)N(CC(=O)N2CCNCC2c2ccccc2Cl)C1=O.Cl. The molecule has 9 heteroatoms. The smallest absolute Gasteiger partial charge is 0.327 e. The Hall–Kier alpha value is -1.83. The van der Waals surface area contributed by atoms with E-state index < -0.39 is 6.03 Å². The Bertz CT molecular complexity index is 685. The van der Waals surface area contributed by atoms with E-state index in [1.807, 2.05) is 18.2 Å². The molecule has 3 rings (SSSR count). The molecule has 0 bridgehead atoms. The molecule has 1 aromatic rings. The lowest BCUT2D eigenvalue weighted by molar-refractivity contribution is -0.139. The minimum absolute atomic E-state index is 0. The summed E-state index contributed by atoms with van der Waals surface area (Å²) in [5, 5.41) is 3.85. The van der Waals surface area contributed by atoms with Gasteiger partial charge in [0.2, 0.25) is 5.91 Å². The van der Waals surface area contributed by atoms with Gasteiger partial charge in [-0.3, -0.25) is 14.5 Å². The molecule has 4 amide bonds. The summed E-state index contributed by atoms with van der Waals surface area (Å²) in [6, 6.07) is 6.74. The standard InChI is InChI=1S/C16H19ClN4O3.ClH/c1-19-9-14(22)21(16(19)24)10-15(23)20-7-6-18-8-13(20)11-4-2-3-5-12(11)17;/h2-5,13,18H,6-10H2,1H3;1H. The van der Waals surface area contributed by atoms with Gasteiger partial charge in [-0.15, -0.1) is 12.4 Å². The number of carbonyl (C=O) groups excluding carboxylic acids is 3. The summed E-state index contributed by atoms with van der Waals surface area (Å²) >= 11 is 6.27. The number of halogens is 2. The summed E-state index contributed by atoms with van der Waals surface area (Å²) in [6.07, 6.45) is 0. The Labute approximate surface area is 157 Å². The van der Waals surface area contributed by atoms with Crippen LogP contribution in [0, 0.1) is 0 Å². The van der Waals surface area contributed by atoms with E-state index in [-0.39, 0.29) is 43.4 Å². The third-order valence-corrected chi connectivity index (χ3v) is 4.70. The van der Waals surface area contributed by atoms with Crippen LogP contribution in [0.1, 0.15) is 11.6 Å². The zero-order valence-electron chi connectivity index (χ0n) is 13.8. The van der Waals surface area contributed by atoms with Gasteiger partial charge in [0, 0.05) is 31.7 Å². The summed E-state index contributed by atoms with van der Waals surface area (Å²) in [4.78, 5) is 40.6. The summed E-state index contributed by atoms with van der Waals surface area (Å²) in [6.45, 7) is 1.52. The first-order valence-electron chi connectivity index (χ1n) is 7.79. The van der Waals surface area contributed by atoms with Crippen LogP contribution in [0.5, 0.6) is 0 Å². The molecule has 0 radical (unpaired) electrons. The molecule has 1 atom stereocenters. The van der Waals surface area contributed by atoms with Crippen LogP contribution in [-0.2, 0) is 9.59 Å². The molecular formula is C16H20Cl2N4O3. The molecule has 2 aliphatic heterocycles. The molecule has 136 valence electrons. The van der Waals surface area contributed by atoms with Crippen LogP contribution in [0.3, 0.4) is 0 Å². The average molecular weight is 387 g/mol. The van der Waals surface area contributed by atoms with Crippen molar-refractivity contribution in [2.24, 2.45) is 0 Å². The predicted molar refractivity (Wildman–Crippen MR) is 95.8 cm³/mol. The van der Waals surface area contributed by atoms with Gasteiger partial charge in [-0.1, -0.05) is 29.8 Å². The Morgan fingerprint density at radius 1 is 1.32 bits per heavy atom. The normalized spacial score (nSPS) is 20.7. The van der Waals surface area contributed by atoms with E-state index >= 15 is 0 Å². The molecule has 2 heterocycles. The van der Waals surface area contributed by atoms with Gasteiger partial charge < -0.3 is 15.1 Å². The van der Waals surface area contributed by atoms with E-state index in [1.165, 1.54) is 4.90 Å². The Kier molecular flexibility index (Phi) is 6.26. The molecule has 2 aliphatic rings. The minimum Gasteiger partial charge on any atom is -0.331 e. The summed E-state index contributed by atoms with van der Waals surface area (Å²) in [5.41, 5.74) is 0.857. The van der Waals surface area contributed by atoms with Gasteiger partial charge in [0.25, 0.3) is 5.91 Å². The largest absolute Gasteiger partial charge is 0.331 e. The Morgan fingerprint density at radius 2 is 2.04 bits per heavy atom. The van der Waals surface area contributed by atoms with Gasteiger partial charge in [-0.05, 0) is 11.6 Å². The van der Waals surface area contributed by atoms with Crippen molar-refractivity contribution in [2.75, 3.05) is 39.8 Å².